The Kier molecular flexibility index (Phi) is 8.72. The van der Waals surface area contributed by atoms with Gasteiger partial charge in [0.05, 0.1) is 17.3 Å². The molecule has 2 saturated heterocycles. The van der Waals surface area contributed by atoms with Gasteiger partial charge >= 0.3 is 5.97 Å². The molecule has 0 bridgehead atoms. The number of rotatable bonds is 8. The molecule has 214 valence electrons. The summed E-state index contributed by atoms with van der Waals surface area (Å²) in [5.41, 5.74) is 0.275. The average molecular weight is 573 g/mol. The van der Waals surface area contributed by atoms with E-state index in [-0.39, 0.29) is 42.1 Å². The van der Waals surface area contributed by atoms with E-state index in [0.717, 1.165) is 18.4 Å². The highest BCUT2D eigenvalue weighted by Crippen LogP contribution is 2.42. The molecule has 1 aromatic heterocycles. The highest BCUT2D eigenvalue weighted by molar-refractivity contribution is 7.83. The van der Waals surface area contributed by atoms with E-state index in [9.17, 15) is 9.00 Å². The molecule has 2 aromatic carbocycles. The standard InChI is InChI=1S/C29H34F2N4O4S/c1-3-39-27(36)18-34-19-32-28(33-34)29(11-13-38-14-12-29)23-16-24(30)22(15-25(23)31)17-35-20(2)9-10-26(40(35)37)21-7-5-4-6-8-21/h4-8,15-16,19-20,26H,3,9-14,17-18H2,1-2H3/t20-,26+,40?/m0/s1. The molecular formula is C29H34F2N4O4S. The first kappa shape index (κ1) is 28.5. The van der Waals surface area contributed by atoms with Crippen molar-refractivity contribution in [2.75, 3.05) is 19.8 Å². The number of ether oxygens (including phenoxy) is 2. The van der Waals surface area contributed by atoms with Crippen LogP contribution in [0, 0.1) is 11.6 Å². The van der Waals surface area contributed by atoms with Gasteiger partial charge in [0.1, 0.15) is 35.5 Å². The molecule has 0 spiro atoms. The molecule has 8 nitrogen and oxygen atoms in total. The minimum absolute atomic E-state index is 0.0304. The van der Waals surface area contributed by atoms with Crippen LogP contribution in [-0.4, -0.2) is 55.1 Å². The molecule has 0 saturated carbocycles. The minimum atomic E-state index is -1.40. The second kappa shape index (κ2) is 12.2. The van der Waals surface area contributed by atoms with Crippen LogP contribution in [0.1, 0.15) is 67.3 Å². The zero-order chi connectivity index (χ0) is 28.3. The van der Waals surface area contributed by atoms with E-state index >= 15 is 8.78 Å². The van der Waals surface area contributed by atoms with Crippen molar-refractivity contribution in [2.24, 2.45) is 0 Å². The number of benzene rings is 2. The molecule has 3 aromatic rings. The molecule has 2 fully saturated rings. The van der Waals surface area contributed by atoms with Crippen LogP contribution in [0.2, 0.25) is 0 Å². The first-order valence-corrected chi connectivity index (χ1v) is 14.8. The molecule has 0 radical (unpaired) electrons. The normalized spacial score (nSPS) is 23.1. The Labute approximate surface area is 235 Å². The maximum Gasteiger partial charge on any atom is 0.327 e. The van der Waals surface area contributed by atoms with Crippen LogP contribution < -0.4 is 0 Å². The molecule has 2 aliphatic heterocycles. The maximum atomic E-state index is 15.9. The molecule has 11 heteroatoms. The number of hydrogen-bond acceptors (Lipinski definition) is 6. The third-order valence-electron chi connectivity index (χ3n) is 7.87. The predicted molar refractivity (Wildman–Crippen MR) is 145 cm³/mol. The number of carbonyl (C=O) groups excluding carboxylic acids is 1. The van der Waals surface area contributed by atoms with Gasteiger partial charge in [0.2, 0.25) is 0 Å². The minimum Gasteiger partial charge on any atom is -0.465 e. The Balaban J connectivity index is 1.43. The first-order valence-electron chi connectivity index (χ1n) is 13.7. The second-order valence-corrected chi connectivity index (χ2v) is 12.0. The number of carbonyl (C=O) groups is 1. The molecule has 40 heavy (non-hydrogen) atoms. The first-order chi connectivity index (χ1) is 19.3. The van der Waals surface area contributed by atoms with E-state index in [4.69, 9.17) is 9.47 Å². The van der Waals surface area contributed by atoms with Gasteiger partial charge in [-0.05, 0) is 57.2 Å². The quantitative estimate of drug-likeness (QED) is 0.367. The van der Waals surface area contributed by atoms with Crippen molar-refractivity contribution in [3.63, 3.8) is 0 Å². The van der Waals surface area contributed by atoms with E-state index in [2.05, 4.69) is 10.1 Å². The number of aromatic nitrogens is 3. The van der Waals surface area contributed by atoms with Crippen LogP contribution >= 0.6 is 0 Å². The summed E-state index contributed by atoms with van der Waals surface area (Å²) in [5.74, 6) is -1.29. The van der Waals surface area contributed by atoms with Crippen LogP contribution in [0.15, 0.2) is 48.8 Å². The molecule has 1 unspecified atom stereocenters. The number of nitrogens with zero attached hydrogens (tertiary/aromatic N) is 4. The Morgan fingerprint density at radius 3 is 2.62 bits per heavy atom. The number of halogens is 2. The van der Waals surface area contributed by atoms with Gasteiger partial charge in [-0.2, -0.15) is 5.10 Å². The summed E-state index contributed by atoms with van der Waals surface area (Å²) in [6, 6.07) is 12.1. The van der Waals surface area contributed by atoms with Crippen LogP contribution in [0.5, 0.6) is 0 Å². The predicted octanol–water partition coefficient (Wildman–Crippen LogP) is 4.61. The van der Waals surface area contributed by atoms with Crippen molar-refractivity contribution >= 4 is 17.0 Å². The van der Waals surface area contributed by atoms with Gasteiger partial charge in [0.25, 0.3) is 0 Å². The van der Waals surface area contributed by atoms with Crippen molar-refractivity contribution in [1.29, 1.82) is 0 Å². The van der Waals surface area contributed by atoms with Gasteiger partial charge in [0.15, 0.2) is 5.82 Å². The Morgan fingerprint density at radius 1 is 1.15 bits per heavy atom. The van der Waals surface area contributed by atoms with Gasteiger partial charge in [-0.3, -0.25) is 4.79 Å². The summed E-state index contributed by atoms with van der Waals surface area (Å²) in [4.78, 5) is 16.3. The third-order valence-corrected chi connectivity index (χ3v) is 9.82. The second-order valence-electron chi connectivity index (χ2n) is 10.4. The summed E-state index contributed by atoms with van der Waals surface area (Å²) in [6.07, 6.45) is 3.69. The van der Waals surface area contributed by atoms with Gasteiger partial charge in [-0.15, -0.1) is 0 Å². The molecule has 2 aliphatic rings. The Bertz CT molecular complexity index is 1360. The van der Waals surface area contributed by atoms with E-state index in [1.165, 1.54) is 23.1 Å². The molecule has 0 amide bonds. The zero-order valence-electron chi connectivity index (χ0n) is 22.7. The van der Waals surface area contributed by atoms with Gasteiger partial charge in [-0.25, -0.2) is 27.0 Å². The van der Waals surface area contributed by atoms with Crippen LogP contribution in [0.25, 0.3) is 0 Å². The van der Waals surface area contributed by atoms with Crippen molar-refractivity contribution in [3.8, 4) is 0 Å². The summed E-state index contributed by atoms with van der Waals surface area (Å²) in [5, 5.41) is 4.27. The summed E-state index contributed by atoms with van der Waals surface area (Å²) in [6.45, 7) is 4.50. The zero-order valence-corrected chi connectivity index (χ0v) is 23.5. The van der Waals surface area contributed by atoms with Crippen LogP contribution in [-0.2, 0) is 43.8 Å². The lowest BCUT2D eigenvalue weighted by molar-refractivity contribution is -0.144. The lowest BCUT2D eigenvalue weighted by atomic mass is 9.73. The average Bonchev–Trinajstić information content (AvgIpc) is 3.42. The lowest BCUT2D eigenvalue weighted by Crippen LogP contribution is -2.41. The lowest BCUT2D eigenvalue weighted by Gasteiger charge is -2.37. The maximum absolute atomic E-state index is 15.9. The van der Waals surface area contributed by atoms with Gasteiger partial charge in [0, 0.05) is 36.9 Å². The SMILES string of the molecule is CCOC(=O)Cn1cnc(C2(c3cc(F)c(CN4[C@@H](C)CC[C@H](c5ccccc5)S4=O)cc3F)CCOCC2)n1. The Morgan fingerprint density at radius 2 is 1.90 bits per heavy atom. The molecule has 3 heterocycles. The van der Waals surface area contributed by atoms with Gasteiger partial charge < -0.3 is 9.47 Å². The topological polar surface area (TPSA) is 86.6 Å². The van der Waals surface area contributed by atoms with E-state index in [0.29, 0.717) is 31.9 Å². The van der Waals surface area contributed by atoms with Crippen LogP contribution in [0.3, 0.4) is 0 Å². The fraction of sp³-hybridized carbons (Fsp3) is 0.483. The molecule has 5 rings (SSSR count). The molecular weight excluding hydrogens is 538 g/mol. The van der Waals surface area contributed by atoms with Crippen molar-refractivity contribution in [1.82, 2.24) is 19.1 Å². The van der Waals surface area contributed by atoms with Crippen molar-refractivity contribution < 1.29 is 27.3 Å². The summed E-state index contributed by atoms with van der Waals surface area (Å²) in [7, 11) is -1.40. The smallest absolute Gasteiger partial charge is 0.327 e. The summed E-state index contributed by atoms with van der Waals surface area (Å²) >= 11 is 0. The van der Waals surface area contributed by atoms with Crippen molar-refractivity contribution in [3.05, 3.63) is 82.9 Å². The van der Waals surface area contributed by atoms with Crippen molar-refractivity contribution in [2.45, 2.75) is 69.3 Å². The number of esters is 1. The third kappa shape index (κ3) is 5.73. The van der Waals surface area contributed by atoms with E-state index < -0.39 is 34.0 Å². The Hall–Kier alpha value is -3.02. The van der Waals surface area contributed by atoms with E-state index in [1.54, 1.807) is 11.2 Å². The molecule has 0 aliphatic carbocycles. The molecule has 0 N–H and O–H groups in total. The highest BCUT2D eigenvalue weighted by atomic mass is 32.2. The summed E-state index contributed by atoms with van der Waals surface area (Å²) < 4.78 is 58.9. The number of hydrogen-bond donors (Lipinski definition) is 0. The van der Waals surface area contributed by atoms with Gasteiger partial charge in [-0.1, -0.05) is 30.3 Å². The molecule has 3 atom stereocenters. The highest BCUT2D eigenvalue weighted by Gasteiger charge is 2.43. The monoisotopic (exact) mass is 572 g/mol. The largest absolute Gasteiger partial charge is 0.465 e. The van der Waals surface area contributed by atoms with Crippen LogP contribution in [0.4, 0.5) is 8.78 Å². The van der Waals surface area contributed by atoms with E-state index in [1.807, 2.05) is 37.3 Å². The fourth-order valence-corrected chi connectivity index (χ4v) is 7.44. The fourth-order valence-electron chi connectivity index (χ4n) is 5.65.